The molecule has 0 heterocycles. The van der Waals surface area contributed by atoms with E-state index in [9.17, 15) is 0 Å². The van der Waals surface area contributed by atoms with E-state index in [0.29, 0.717) is 6.47 Å². The first-order chi connectivity index (χ1) is 10.2. The van der Waals surface area contributed by atoms with E-state index in [-0.39, 0.29) is 0 Å². The van der Waals surface area contributed by atoms with Gasteiger partial charge in [0.15, 0.2) is 0 Å². The summed E-state index contributed by atoms with van der Waals surface area (Å²) >= 11 is 0. The Kier molecular flexibility index (Phi) is 17.2. The van der Waals surface area contributed by atoms with Crippen LogP contribution in [0.2, 0.25) is 0 Å². The zero-order valence-corrected chi connectivity index (χ0v) is 14.6. The lowest BCUT2D eigenvalue weighted by molar-refractivity contribution is -0.126. The van der Waals surface area contributed by atoms with Crippen molar-refractivity contribution in [2.45, 2.75) is 60.3 Å². The number of hydrogen-bond donors (Lipinski definition) is 0. The largest absolute Gasteiger partial charge is 0.493 e. The normalized spacial score (nSPS) is 8.67. The minimum absolute atomic E-state index is 0.375. The lowest BCUT2D eigenvalue weighted by Gasteiger charge is -2.09. The minimum Gasteiger partial charge on any atom is -0.493 e. The van der Waals surface area contributed by atoms with Crippen molar-refractivity contribution in [3.05, 3.63) is 29.3 Å². The maximum Gasteiger partial charge on any atom is 0.292 e. The van der Waals surface area contributed by atoms with Crippen LogP contribution in [-0.4, -0.2) is 20.2 Å². The third kappa shape index (κ3) is 12.0. The third-order valence-corrected chi connectivity index (χ3v) is 2.63. The maximum atomic E-state index is 8.95. The van der Waals surface area contributed by atoms with E-state index in [1.165, 1.54) is 31.1 Å². The van der Waals surface area contributed by atoms with Crippen LogP contribution < -0.4 is 4.74 Å². The van der Waals surface area contributed by atoms with Crippen LogP contribution >= 0.6 is 0 Å². The number of unbranched alkanes of at least 4 members (excludes halogenated alkanes) is 1. The molecule has 0 bridgehead atoms. The molecular formula is C18H32O3. The second-order valence-electron chi connectivity index (χ2n) is 4.38. The molecule has 122 valence electrons. The number of hydrogen-bond acceptors (Lipinski definition) is 3. The molecule has 0 radical (unpaired) electrons. The van der Waals surface area contributed by atoms with Crippen molar-refractivity contribution in [1.82, 2.24) is 0 Å². The number of rotatable bonds is 7. The van der Waals surface area contributed by atoms with Gasteiger partial charge in [0.05, 0.1) is 13.7 Å². The van der Waals surface area contributed by atoms with E-state index in [4.69, 9.17) is 9.53 Å². The summed E-state index contributed by atoms with van der Waals surface area (Å²) in [6.45, 7) is 11.7. The molecule has 1 rings (SSSR count). The molecule has 1 aromatic carbocycles. The van der Waals surface area contributed by atoms with E-state index < -0.39 is 0 Å². The number of carbonyl (C=O) groups excluding carboxylic acids is 1. The Balaban J connectivity index is 0. The Morgan fingerprint density at radius 3 is 2.19 bits per heavy atom. The molecule has 0 saturated carbocycles. The van der Waals surface area contributed by atoms with Crippen molar-refractivity contribution in [1.29, 1.82) is 0 Å². The van der Waals surface area contributed by atoms with Crippen LogP contribution in [-0.2, 0) is 16.0 Å². The fraction of sp³-hybridized carbons (Fsp3) is 0.611. The second kappa shape index (κ2) is 16.5. The van der Waals surface area contributed by atoms with Crippen LogP contribution in [0, 0.1) is 6.92 Å². The van der Waals surface area contributed by atoms with E-state index in [1.807, 2.05) is 13.8 Å². The molecule has 0 N–H and O–H groups in total. The Morgan fingerprint density at radius 2 is 1.76 bits per heavy atom. The van der Waals surface area contributed by atoms with Gasteiger partial charge in [-0.15, -0.1) is 0 Å². The van der Waals surface area contributed by atoms with Crippen LogP contribution in [0.4, 0.5) is 0 Å². The van der Waals surface area contributed by atoms with Gasteiger partial charge in [0, 0.05) is 0 Å². The van der Waals surface area contributed by atoms with Crippen molar-refractivity contribution in [2.24, 2.45) is 0 Å². The molecule has 0 aromatic heterocycles. The van der Waals surface area contributed by atoms with Gasteiger partial charge in [-0.1, -0.05) is 52.7 Å². The van der Waals surface area contributed by atoms with E-state index in [1.54, 1.807) is 0 Å². The fourth-order valence-corrected chi connectivity index (χ4v) is 1.64. The first kappa shape index (κ1) is 21.8. The van der Waals surface area contributed by atoms with E-state index in [0.717, 1.165) is 25.2 Å². The van der Waals surface area contributed by atoms with Crippen LogP contribution in [0.3, 0.4) is 0 Å². The molecule has 3 heteroatoms. The molecule has 0 atom stereocenters. The Bertz CT molecular complexity index is 348. The van der Waals surface area contributed by atoms with Gasteiger partial charge in [0.25, 0.3) is 6.47 Å². The highest BCUT2D eigenvalue weighted by molar-refractivity contribution is 5.36. The lowest BCUT2D eigenvalue weighted by atomic mass is 10.1. The van der Waals surface area contributed by atoms with Gasteiger partial charge in [-0.2, -0.15) is 0 Å². The zero-order valence-electron chi connectivity index (χ0n) is 14.6. The minimum atomic E-state index is 0.375. The quantitative estimate of drug-likeness (QED) is 0.528. The topological polar surface area (TPSA) is 35.5 Å². The van der Waals surface area contributed by atoms with Crippen molar-refractivity contribution >= 4 is 6.47 Å². The summed E-state index contributed by atoms with van der Waals surface area (Å²) in [5, 5.41) is 0. The molecule has 0 spiro atoms. The molecular weight excluding hydrogens is 264 g/mol. The molecule has 0 amide bonds. The average molecular weight is 296 g/mol. The molecule has 0 aliphatic carbocycles. The highest BCUT2D eigenvalue weighted by Gasteiger charge is 2.00. The number of ether oxygens (including phenoxy) is 2. The maximum absolute atomic E-state index is 8.95. The van der Waals surface area contributed by atoms with Crippen LogP contribution in [0.5, 0.6) is 5.75 Å². The van der Waals surface area contributed by atoms with Gasteiger partial charge in [0.2, 0.25) is 0 Å². The van der Waals surface area contributed by atoms with Crippen molar-refractivity contribution in [2.75, 3.05) is 13.7 Å². The van der Waals surface area contributed by atoms with Gasteiger partial charge < -0.3 is 9.47 Å². The molecule has 0 aliphatic rings. The molecule has 0 fully saturated rings. The van der Waals surface area contributed by atoms with Gasteiger partial charge in [-0.3, -0.25) is 4.79 Å². The molecule has 21 heavy (non-hydrogen) atoms. The Labute approximate surface area is 130 Å². The zero-order chi connectivity index (χ0) is 16.5. The smallest absolute Gasteiger partial charge is 0.292 e. The lowest BCUT2D eigenvalue weighted by Crippen LogP contribution is -1.98. The molecule has 0 aliphatic heterocycles. The van der Waals surface area contributed by atoms with Gasteiger partial charge in [0.1, 0.15) is 5.75 Å². The van der Waals surface area contributed by atoms with Crippen molar-refractivity contribution in [3.8, 4) is 5.75 Å². The summed E-state index contributed by atoms with van der Waals surface area (Å²) in [5.41, 5.74) is 2.68. The standard InChI is InChI=1S/C14H22O.C2H4O2.C2H6/c1-4-6-10-15-14-9-8-13(7-5-2)11-12(14)3;1-4-2-3;1-2/h8-9,11H,4-7,10H2,1-3H3;2H,1H3;1-2H3. The average Bonchev–Trinajstić information content (AvgIpc) is 2.52. The summed E-state index contributed by atoms with van der Waals surface area (Å²) in [6.07, 6.45) is 4.69. The summed E-state index contributed by atoms with van der Waals surface area (Å²) < 4.78 is 9.57. The summed E-state index contributed by atoms with van der Waals surface area (Å²) in [7, 11) is 1.31. The SMILES string of the molecule is CC.CCCCOc1ccc(CCC)cc1C.COC=O. The predicted octanol–water partition coefficient (Wildman–Crippen LogP) is 4.94. The van der Waals surface area contributed by atoms with E-state index in [2.05, 4.69) is 43.7 Å². The van der Waals surface area contributed by atoms with Gasteiger partial charge in [-0.05, 0) is 37.0 Å². The monoisotopic (exact) mass is 296 g/mol. The molecule has 0 saturated heterocycles. The van der Waals surface area contributed by atoms with Crippen molar-refractivity contribution < 1.29 is 14.3 Å². The number of methoxy groups -OCH3 is 1. The third-order valence-electron chi connectivity index (χ3n) is 2.63. The first-order valence-corrected chi connectivity index (χ1v) is 7.88. The number of carbonyl (C=O) groups is 1. The second-order valence-corrected chi connectivity index (χ2v) is 4.38. The predicted molar refractivity (Wildman–Crippen MR) is 90.0 cm³/mol. The first-order valence-electron chi connectivity index (χ1n) is 7.88. The van der Waals surface area contributed by atoms with Crippen molar-refractivity contribution in [3.63, 3.8) is 0 Å². The van der Waals surface area contributed by atoms with Crippen LogP contribution in [0.25, 0.3) is 0 Å². The van der Waals surface area contributed by atoms with E-state index >= 15 is 0 Å². The number of aryl methyl sites for hydroxylation is 2. The molecule has 0 unspecified atom stereocenters. The molecule has 3 nitrogen and oxygen atoms in total. The summed E-state index contributed by atoms with van der Waals surface area (Å²) in [5.74, 6) is 1.04. The Hall–Kier alpha value is -1.51. The van der Waals surface area contributed by atoms with Gasteiger partial charge in [-0.25, -0.2) is 0 Å². The number of benzene rings is 1. The van der Waals surface area contributed by atoms with Crippen LogP contribution in [0.15, 0.2) is 18.2 Å². The fourth-order valence-electron chi connectivity index (χ4n) is 1.64. The van der Waals surface area contributed by atoms with Gasteiger partial charge >= 0.3 is 0 Å². The van der Waals surface area contributed by atoms with Crippen LogP contribution in [0.1, 0.15) is 58.1 Å². The highest BCUT2D eigenvalue weighted by Crippen LogP contribution is 2.20. The Morgan fingerprint density at radius 1 is 1.14 bits per heavy atom. The summed E-state index contributed by atoms with van der Waals surface area (Å²) in [6, 6.07) is 6.53. The molecule has 1 aromatic rings. The summed E-state index contributed by atoms with van der Waals surface area (Å²) in [4.78, 5) is 8.95. The highest BCUT2D eigenvalue weighted by atomic mass is 16.5.